The number of rotatable bonds is 7. The first-order valence-electron chi connectivity index (χ1n) is 17.1. The lowest BCUT2D eigenvalue weighted by atomic mass is 9.88. The van der Waals surface area contributed by atoms with Crippen LogP contribution in [-0.2, 0) is 24.4 Å². The molecule has 0 bridgehead atoms. The number of amides is 4. The molecule has 0 spiro atoms. The predicted molar refractivity (Wildman–Crippen MR) is 183 cm³/mol. The molecule has 1 saturated heterocycles. The molecule has 50 heavy (non-hydrogen) atoms. The number of methoxy groups -OCH3 is 1. The van der Waals surface area contributed by atoms with E-state index in [1.807, 2.05) is 38.1 Å². The molecule has 0 unspecified atom stereocenters. The molecule has 4 amide bonds. The maximum absolute atomic E-state index is 14.3. The molecule has 270 valence electrons. The average molecular weight is 712 g/mol. The third kappa shape index (κ3) is 6.83. The number of pyridine rings is 1. The highest BCUT2D eigenvalue weighted by molar-refractivity contribution is 7.91. The highest BCUT2D eigenvalue weighted by atomic mass is 32.2. The van der Waals surface area contributed by atoms with Crippen molar-refractivity contribution in [2.24, 2.45) is 17.8 Å². The number of benzene rings is 1. The number of fused-ring (bicyclic) bond motifs is 3. The van der Waals surface area contributed by atoms with Gasteiger partial charge in [-0.05, 0) is 75.5 Å². The van der Waals surface area contributed by atoms with E-state index in [0.717, 1.165) is 11.8 Å². The Bertz CT molecular complexity index is 1830. The van der Waals surface area contributed by atoms with Crippen molar-refractivity contribution in [3.63, 3.8) is 0 Å². The van der Waals surface area contributed by atoms with E-state index in [9.17, 15) is 32.7 Å². The van der Waals surface area contributed by atoms with E-state index in [0.29, 0.717) is 36.8 Å². The first kappa shape index (κ1) is 35.4. The first-order valence-corrected chi connectivity index (χ1v) is 18.6. The number of hydrogen-bond donors (Lipinski definition) is 4. The van der Waals surface area contributed by atoms with Gasteiger partial charge in [-0.3, -0.25) is 19.1 Å². The van der Waals surface area contributed by atoms with Crippen molar-refractivity contribution in [3.8, 4) is 11.6 Å². The van der Waals surface area contributed by atoms with Gasteiger partial charge in [0.2, 0.25) is 27.7 Å². The number of carbonyl (C=O) groups excluding carboxylic acids is 3. The van der Waals surface area contributed by atoms with E-state index in [2.05, 4.69) is 20.3 Å². The third-order valence-corrected chi connectivity index (χ3v) is 12.9. The van der Waals surface area contributed by atoms with Crippen LogP contribution in [0.15, 0.2) is 42.6 Å². The molecule has 3 heterocycles. The second-order valence-corrected chi connectivity index (χ2v) is 16.8. The van der Waals surface area contributed by atoms with Gasteiger partial charge in [-0.2, -0.15) is 0 Å². The zero-order valence-electron chi connectivity index (χ0n) is 28.7. The molecule has 14 nitrogen and oxygen atoms in total. The minimum absolute atomic E-state index is 0.0127. The van der Waals surface area contributed by atoms with E-state index < -0.39 is 74.1 Å². The van der Waals surface area contributed by atoms with Crippen molar-refractivity contribution >= 4 is 44.6 Å². The van der Waals surface area contributed by atoms with Gasteiger partial charge in [-0.25, -0.2) is 18.2 Å². The highest BCUT2D eigenvalue weighted by Gasteiger charge is 2.63. The van der Waals surface area contributed by atoms with E-state index in [4.69, 9.17) is 9.47 Å². The van der Waals surface area contributed by atoms with Gasteiger partial charge < -0.3 is 30.1 Å². The normalized spacial score (nSPS) is 30.9. The van der Waals surface area contributed by atoms with Gasteiger partial charge in [0.15, 0.2) is 0 Å². The van der Waals surface area contributed by atoms with Gasteiger partial charge in [-0.1, -0.05) is 32.1 Å². The summed E-state index contributed by atoms with van der Waals surface area (Å²) in [5.74, 6) is -1.92. The maximum Gasteiger partial charge on any atom is 0.405 e. The minimum Gasteiger partial charge on any atom is -0.496 e. The summed E-state index contributed by atoms with van der Waals surface area (Å²) in [5, 5.41) is 16.4. The Hall–Kier alpha value is -4.40. The van der Waals surface area contributed by atoms with Gasteiger partial charge in [0, 0.05) is 29.3 Å². The molecule has 4 aliphatic rings. The van der Waals surface area contributed by atoms with Crippen LogP contribution in [-0.4, -0.2) is 89.4 Å². The second kappa shape index (κ2) is 13.4. The summed E-state index contributed by atoms with van der Waals surface area (Å²) in [6.45, 7) is 5.36. The number of hydrogen-bond acceptors (Lipinski definition) is 9. The van der Waals surface area contributed by atoms with Crippen molar-refractivity contribution in [2.45, 2.75) is 94.2 Å². The van der Waals surface area contributed by atoms with Crippen LogP contribution in [0, 0.1) is 17.8 Å². The van der Waals surface area contributed by atoms with E-state index in [1.165, 1.54) is 4.90 Å². The molecule has 2 aliphatic heterocycles. The van der Waals surface area contributed by atoms with Crippen molar-refractivity contribution < 1.29 is 42.2 Å². The number of ether oxygens (including phenoxy) is 2. The van der Waals surface area contributed by atoms with Crippen molar-refractivity contribution in [3.05, 3.63) is 42.6 Å². The van der Waals surface area contributed by atoms with Crippen LogP contribution in [0.2, 0.25) is 0 Å². The molecular weight excluding hydrogens is 666 g/mol. The molecular formula is C35H45N5O9S. The van der Waals surface area contributed by atoms with Crippen LogP contribution in [0.1, 0.15) is 65.7 Å². The van der Waals surface area contributed by atoms with Crippen LogP contribution in [0.5, 0.6) is 11.6 Å². The number of nitrogens with zero attached hydrogens (tertiary/aromatic N) is 2. The molecule has 3 fully saturated rings. The summed E-state index contributed by atoms with van der Waals surface area (Å²) in [5.41, 5.74) is -1.54. The van der Waals surface area contributed by atoms with E-state index >= 15 is 0 Å². The fraction of sp³-hybridized carbons (Fsp3) is 0.571. The van der Waals surface area contributed by atoms with Crippen molar-refractivity contribution in [1.29, 1.82) is 0 Å². The molecule has 2 aromatic rings. The van der Waals surface area contributed by atoms with Crippen LogP contribution in [0.25, 0.3) is 10.8 Å². The summed E-state index contributed by atoms with van der Waals surface area (Å²) >= 11 is 0. The SMILES string of the molecule is COc1cccc2c(O[C@@H]3C[C@H]4C(=O)N[C@]5(C(=O)NS(=O)(=O)C6(C)CC6)C[C@H]5C=CCC[C@H](C)C[C@@H](C)[C@H](NC(=O)O)C(=O)N4C3)nccc12. The molecule has 0 radical (unpaired) electrons. The Morgan fingerprint density at radius 3 is 2.58 bits per heavy atom. The molecule has 6 rings (SSSR count). The molecule has 1 aromatic carbocycles. The van der Waals surface area contributed by atoms with Gasteiger partial charge in [0.05, 0.1) is 18.4 Å². The van der Waals surface area contributed by atoms with Crippen LogP contribution >= 0.6 is 0 Å². The number of carboxylic acid groups (broad SMARTS) is 1. The Kier molecular flexibility index (Phi) is 9.48. The molecule has 4 N–H and O–H groups in total. The van der Waals surface area contributed by atoms with Crippen LogP contribution < -0.4 is 24.8 Å². The van der Waals surface area contributed by atoms with Gasteiger partial charge in [-0.15, -0.1) is 0 Å². The molecule has 2 aliphatic carbocycles. The fourth-order valence-corrected chi connectivity index (χ4v) is 8.62. The Labute approximate surface area is 291 Å². The number of sulfonamides is 1. The Morgan fingerprint density at radius 1 is 1.12 bits per heavy atom. The van der Waals surface area contributed by atoms with E-state index in [1.54, 1.807) is 32.4 Å². The molecule has 15 heteroatoms. The largest absolute Gasteiger partial charge is 0.496 e. The zero-order chi connectivity index (χ0) is 36.0. The van der Waals surface area contributed by atoms with Crippen molar-refractivity contribution in [1.82, 2.24) is 25.2 Å². The monoisotopic (exact) mass is 711 g/mol. The predicted octanol–water partition coefficient (Wildman–Crippen LogP) is 3.11. The average Bonchev–Trinajstić information content (AvgIpc) is 3.95. The number of allylic oxidation sites excluding steroid dienone is 1. The van der Waals surface area contributed by atoms with Crippen LogP contribution in [0.4, 0.5) is 4.79 Å². The molecule has 2 saturated carbocycles. The lowest BCUT2D eigenvalue weighted by Crippen LogP contribution is -2.59. The second-order valence-electron chi connectivity index (χ2n) is 14.6. The molecule has 1 aromatic heterocycles. The zero-order valence-corrected chi connectivity index (χ0v) is 29.5. The van der Waals surface area contributed by atoms with Crippen molar-refractivity contribution in [2.75, 3.05) is 13.7 Å². The third-order valence-electron chi connectivity index (χ3n) is 10.8. The lowest BCUT2D eigenvalue weighted by molar-refractivity contribution is -0.142. The smallest absolute Gasteiger partial charge is 0.405 e. The minimum atomic E-state index is -3.99. The quantitative estimate of drug-likeness (QED) is 0.310. The number of aromatic nitrogens is 1. The maximum atomic E-state index is 14.3. The topological polar surface area (TPSA) is 193 Å². The standard InChI is InChI=1S/C35H45N5O9S/c1-20-8-5-6-9-22-18-35(22,32(43)39-50(46,47)34(3)13-14-34)38-29(41)26-17-23(19-40(26)31(42)28(21(2)16-20)37-33(44)45)49-30-25-10-7-11-27(48-4)24(25)12-15-36-30/h6-7,9-12,15,20-23,26,28,37H,5,8,13-14,16-19H2,1-4H3,(H,38,41)(H,39,43)(H,44,45)/t20-,21+,22+,23+,26-,28-,35+/m0/s1. The lowest BCUT2D eigenvalue weighted by Gasteiger charge is -2.32. The van der Waals surface area contributed by atoms with Gasteiger partial charge >= 0.3 is 6.09 Å². The fourth-order valence-electron chi connectivity index (χ4n) is 7.31. The number of nitrogens with one attached hydrogen (secondary N) is 3. The first-order chi connectivity index (χ1) is 23.7. The highest BCUT2D eigenvalue weighted by Crippen LogP contribution is 2.47. The summed E-state index contributed by atoms with van der Waals surface area (Å²) in [6, 6.07) is 4.90. The Morgan fingerprint density at radius 2 is 1.88 bits per heavy atom. The summed E-state index contributed by atoms with van der Waals surface area (Å²) < 4.78 is 39.2. The Balaban J connectivity index is 1.34. The summed E-state index contributed by atoms with van der Waals surface area (Å²) in [6.07, 6.45) is 6.25. The van der Waals surface area contributed by atoms with Crippen LogP contribution in [0.3, 0.4) is 0 Å². The van der Waals surface area contributed by atoms with E-state index in [-0.39, 0.29) is 31.2 Å². The van der Waals surface area contributed by atoms with Gasteiger partial charge in [0.25, 0.3) is 5.91 Å². The molecule has 7 atom stereocenters. The summed E-state index contributed by atoms with van der Waals surface area (Å²) in [7, 11) is -2.44. The summed E-state index contributed by atoms with van der Waals surface area (Å²) in [4.78, 5) is 60.0. The number of carbonyl (C=O) groups is 4. The van der Waals surface area contributed by atoms with Gasteiger partial charge in [0.1, 0.15) is 29.5 Å².